The predicted octanol–water partition coefficient (Wildman–Crippen LogP) is 6.51. The van der Waals surface area contributed by atoms with Crippen molar-refractivity contribution >= 4 is 81.3 Å². The molecule has 0 saturated carbocycles. The maximum absolute atomic E-state index is 12.9. The number of benzene rings is 3. The van der Waals surface area contributed by atoms with Gasteiger partial charge in [-0.15, -0.1) is 37.2 Å². The zero-order valence-electron chi connectivity index (χ0n) is 23.5. The van der Waals surface area contributed by atoms with Crippen LogP contribution in [0.5, 0.6) is 0 Å². The molecule has 1 fully saturated rings. The van der Waals surface area contributed by atoms with Gasteiger partial charge in [-0.3, -0.25) is 4.72 Å². The average molecular weight is 654 g/mol. The molecule has 1 saturated heterocycles. The lowest BCUT2D eigenvalue weighted by molar-refractivity contribution is 0.0699. The Kier molecular flexibility index (Phi) is 11.9. The molecular weight excluding hydrogens is 619 g/mol. The first-order chi connectivity index (χ1) is 18.6. The van der Waals surface area contributed by atoms with Crippen LogP contribution in [0.2, 0.25) is 0 Å². The molecule has 4 aromatic rings. The van der Waals surface area contributed by atoms with Gasteiger partial charge in [-0.05, 0) is 79.4 Å². The van der Waals surface area contributed by atoms with Crippen LogP contribution in [0, 0.1) is 13.8 Å². The van der Waals surface area contributed by atoms with Gasteiger partial charge >= 0.3 is 5.97 Å². The van der Waals surface area contributed by atoms with E-state index in [1.807, 2.05) is 6.92 Å². The van der Waals surface area contributed by atoms with Crippen LogP contribution >= 0.6 is 37.2 Å². The number of carboxylic acids is 1. The molecular formula is C30H35Cl3N4O4S. The summed E-state index contributed by atoms with van der Waals surface area (Å²) in [4.78, 5) is 21.6. The number of sulfonamides is 1. The second kappa shape index (κ2) is 14.3. The quantitative estimate of drug-likeness (QED) is 0.235. The first-order valence-corrected chi connectivity index (χ1v) is 14.5. The van der Waals surface area contributed by atoms with Crippen molar-refractivity contribution in [1.29, 1.82) is 0 Å². The van der Waals surface area contributed by atoms with Crippen LogP contribution in [0.25, 0.3) is 10.9 Å². The Morgan fingerprint density at radius 1 is 0.881 bits per heavy atom. The number of pyridine rings is 1. The van der Waals surface area contributed by atoms with Gasteiger partial charge in [-0.1, -0.05) is 31.2 Å². The number of anilines is 3. The first kappa shape index (κ1) is 35.0. The number of hydrogen-bond acceptors (Lipinski definition) is 6. The van der Waals surface area contributed by atoms with Gasteiger partial charge < -0.3 is 14.9 Å². The predicted molar refractivity (Wildman–Crippen MR) is 177 cm³/mol. The van der Waals surface area contributed by atoms with E-state index in [-0.39, 0.29) is 53.4 Å². The Morgan fingerprint density at radius 2 is 1.52 bits per heavy atom. The lowest BCUT2D eigenvalue weighted by atomic mass is 10.1. The van der Waals surface area contributed by atoms with Crippen LogP contribution < -0.4 is 14.5 Å². The van der Waals surface area contributed by atoms with Crippen molar-refractivity contribution < 1.29 is 18.3 Å². The number of aromatic nitrogens is 1. The summed E-state index contributed by atoms with van der Waals surface area (Å²) < 4.78 is 28.4. The highest BCUT2D eigenvalue weighted by molar-refractivity contribution is 7.92. The van der Waals surface area contributed by atoms with Crippen molar-refractivity contribution in [3.63, 3.8) is 0 Å². The van der Waals surface area contributed by atoms with E-state index in [0.29, 0.717) is 29.8 Å². The van der Waals surface area contributed by atoms with E-state index in [1.165, 1.54) is 22.9 Å². The van der Waals surface area contributed by atoms with Crippen molar-refractivity contribution in [2.45, 2.75) is 32.1 Å². The molecule has 0 amide bonds. The van der Waals surface area contributed by atoms with Crippen molar-refractivity contribution in [2.24, 2.45) is 0 Å². The number of nitrogens with zero attached hydrogens (tertiary/aromatic N) is 3. The normalized spacial score (nSPS) is 13.0. The van der Waals surface area contributed by atoms with Gasteiger partial charge in [0.15, 0.2) is 0 Å². The van der Waals surface area contributed by atoms with Crippen LogP contribution in [0.4, 0.5) is 17.2 Å². The smallest absolute Gasteiger partial charge is 0.336 e. The molecule has 8 nitrogen and oxygen atoms in total. The van der Waals surface area contributed by atoms with E-state index < -0.39 is 16.0 Å². The highest BCUT2D eigenvalue weighted by atomic mass is 35.5. The third-order valence-corrected chi connectivity index (χ3v) is 8.63. The standard InChI is InChI=1S/C30H32N4O4S.3ClH/c1-4-22-7-10-24(11-8-22)39(37,38)32-23-9-12-27-25(18-23)26(30(35)36)19-29(31-27)34-15-13-33(14-16-34)28-17-20(2)5-6-21(28)3;;;/h5-12,17-19,32H,4,13-16H2,1-3H3,(H,35,36);3*1H. The third-order valence-electron chi connectivity index (χ3n) is 7.23. The number of nitrogens with one attached hydrogen (secondary N) is 1. The van der Waals surface area contributed by atoms with Crippen LogP contribution in [0.1, 0.15) is 34.0 Å². The van der Waals surface area contributed by atoms with E-state index in [4.69, 9.17) is 4.98 Å². The second-order valence-corrected chi connectivity index (χ2v) is 11.6. The van der Waals surface area contributed by atoms with Crippen molar-refractivity contribution in [1.82, 2.24) is 4.98 Å². The van der Waals surface area contributed by atoms with Gasteiger partial charge in [0.05, 0.1) is 16.0 Å². The van der Waals surface area contributed by atoms with Gasteiger partial charge in [0.2, 0.25) is 0 Å². The molecule has 2 N–H and O–H groups in total. The number of aromatic carboxylic acids is 1. The van der Waals surface area contributed by atoms with Crippen LogP contribution in [-0.4, -0.2) is 50.7 Å². The van der Waals surface area contributed by atoms with Gasteiger partial charge in [-0.2, -0.15) is 0 Å². The molecule has 0 radical (unpaired) electrons. The highest BCUT2D eigenvalue weighted by Crippen LogP contribution is 2.29. The number of piperazine rings is 1. The van der Waals surface area contributed by atoms with Gasteiger partial charge in [0, 0.05) is 42.9 Å². The van der Waals surface area contributed by atoms with Crippen LogP contribution in [0.3, 0.4) is 0 Å². The van der Waals surface area contributed by atoms with E-state index in [2.05, 4.69) is 46.6 Å². The number of carboxylic acid groups (broad SMARTS) is 1. The highest BCUT2D eigenvalue weighted by Gasteiger charge is 2.23. The van der Waals surface area contributed by atoms with Gasteiger partial charge in [0.1, 0.15) is 5.82 Å². The summed E-state index contributed by atoms with van der Waals surface area (Å²) in [5.41, 5.74) is 5.58. The summed E-state index contributed by atoms with van der Waals surface area (Å²) >= 11 is 0. The minimum Gasteiger partial charge on any atom is -0.478 e. The number of rotatable bonds is 7. The molecule has 226 valence electrons. The number of fused-ring (bicyclic) bond motifs is 1. The minimum atomic E-state index is -3.83. The zero-order valence-corrected chi connectivity index (χ0v) is 26.8. The molecule has 42 heavy (non-hydrogen) atoms. The first-order valence-electron chi connectivity index (χ1n) is 13.0. The Labute approximate surface area is 265 Å². The van der Waals surface area contributed by atoms with E-state index in [9.17, 15) is 18.3 Å². The molecule has 1 aliphatic rings. The molecule has 0 unspecified atom stereocenters. The summed E-state index contributed by atoms with van der Waals surface area (Å²) in [6, 6.07) is 19.5. The average Bonchev–Trinajstić information content (AvgIpc) is 2.93. The number of carbonyl (C=O) groups is 1. The second-order valence-electron chi connectivity index (χ2n) is 9.93. The van der Waals surface area contributed by atoms with Crippen molar-refractivity contribution in [2.75, 3.05) is 40.7 Å². The summed E-state index contributed by atoms with van der Waals surface area (Å²) in [6.07, 6.45) is 0.813. The van der Waals surface area contributed by atoms with Crippen molar-refractivity contribution in [3.8, 4) is 0 Å². The summed E-state index contributed by atoms with van der Waals surface area (Å²) in [7, 11) is -3.83. The van der Waals surface area contributed by atoms with E-state index in [0.717, 1.165) is 25.1 Å². The SMILES string of the molecule is CCc1ccc(S(=O)(=O)Nc2ccc3nc(N4CCN(c5cc(C)ccc5C)CC4)cc(C(=O)O)c3c2)cc1.Cl.Cl.Cl. The summed E-state index contributed by atoms with van der Waals surface area (Å²) in [5.74, 6) is -0.488. The molecule has 5 rings (SSSR count). The molecule has 1 aromatic heterocycles. The largest absolute Gasteiger partial charge is 0.478 e. The summed E-state index contributed by atoms with van der Waals surface area (Å²) in [5, 5.41) is 10.4. The molecule has 12 heteroatoms. The van der Waals surface area contributed by atoms with E-state index in [1.54, 1.807) is 42.5 Å². The molecule has 2 heterocycles. The lowest BCUT2D eigenvalue weighted by Gasteiger charge is -2.37. The minimum absolute atomic E-state index is 0. The maximum Gasteiger partial charge on any atom is 0.336 e. The lowest BCUT2D eigenvalue weighted by Crippen LogP contribution is -2.47. The number of halogens is 3. The molecule has 0 spiro atoms. The fourth-order valence-corrected chi connectivity index (χ4v) is 6.02. The fraction of sp³-hybridized carbons (Fsp3) is 0.267. The number of hydrogen-bond donors (Lipinski definition) is 2. The molecule has 3 aromatic carbocycles. The van der Waals surface area contributed by atoms with E-state index >= 15 is 0 Å². The fourth-order valence-electron chi connectivity index (χ4n) is 4.97. The Hall–Kier alpha value is -3.24. The van der Waals surface area contributed by atoms with Crippen molar-refractivity contribution in [3.05, 3.63) is 89.0 Å². The monoisotopic (exact) mass is 652 g/mol. The Bertz CT molecular complexity index is 1660. The topological polar surface area (TPSA) is 103 Å². The molecule has 0 aliphatic carbocycles. The third kappa shape index (κ3) is 7.39. The number of aryl methyl sites for hydroxylation is 3. The van der Waals surface area contributed by atoms with Gasteiger partial charge in [-0.25, -0.2) is 18.2 Å². The van der Waals surface area contributed by atoms with Gasteiger partial charge in [0.25, 0.3) is 10.0 Å². The van der Waals surface area contributed by atoms with Crippen LogP contribution in [-0.2, 0) is 16.4 Å². The maximum atomic E-state index is 12.9. The molecule has 0 bridgehead atoms. The summed E-state index contributed by atoms with van der Waals surface area (Å²) in [6.45, 7) is 9.22. The van der Waals surface area contributed by atoms with Crippen LogP contribution in [0.15, 0.2) is 71.6 Å². The molecule has 1 aliphatic heterocycles. The molecule has 0 atom stereocenters. The zero-order chi connectivity index (χ0) is 27.7. The Morgan fingerprint density at radius 3 is 2.14 bits per heavy atom. The Balaban J connectivity index is 0.00000205.